The Hall–Kier alpha value is -1.59. The molecule has 0 radical (unpaired) electrons. The molecule has 3 rings (SSSR count). The molecule has 1 N–H and O–H groups in total. The number of halogens is 1. The number of hydrogen-bond donors (Lipinski definition) is 1. The highest BCUT2D eigenvalue weighted by Crippen LogP contribution is 2.34. The number of methoxy groups -OCH3 is 1. The molecule has 1 fully saturated rings. The fourth-order valence-corrected chi connectivity index (χ4v) is 3.30. The van der Waals surface area contributed by atoms with Crippen molar-refractivity contribution in [1.82, 2.24) is 5.32 Å². The molecule has 0 aliphatic carbocycles. The maximum atomic E-state index is 14.2. The van der Waals surface area contributed by atoms with Crippen molar-refractivity contribution in [1.29, 1.82) is 0 Å². The zero-order chi connectivity index (χ0) is 16.1. The molecule has 1 aromatic carbocycles. The summed E-state index contributed by atoms with van der Waals surface area (Å²) in [5, 5.41) is 3.64. The zero-order valence-corrected chi connectivity index (χ0v) is 13.5. The number of nitrogens with one attached hydrogen (secondary N) is 1. The molecule has 2 aliphatic rings. The Labute approximate surface area is 136 Å². The van der Waals surface area contributed by atoms with Gasteiger partial charge in [-0.1, -0.05) is 6.07 Å². The van der Waals surface area contributed by atoms with E-state index in [0.29, 0.717) is 13.2 Å². The van der Waals surface area contributed by atoms with Crippen molar-refractivity contribution in [3.05, 3.63) is 41.9 Å². The van der Waals surface area contributed by atoms with Crippen LogP contribution in [0, 0.1) is 5.82 Å². The summed E-state index contributed by atoms with van der Waals surface area (Å²) >= 11 is 0. The highest BCUT2D eigenvalue weighted by molar-refractivity contribution is 5.34. The first-order valence-electron chi connectivity index (χ1n) is 8.21. The third-order valence-electron chi connectivity index (χ3n) is 4.74. The van der Waals surface area contributed by atoms with Crippen LogP contribution in [0.3, 0.4) is 0 Å². The van der Waals surface area contributed by atoms with Gasteiger partial charge >= 0.3 is 0 Å². The van der Waals surface area contributed by atoms with E-state index in [1.165, 1.54) is 7.11 Å². The van der Waals surface area contributed by atoms with Crippen molar-refractivity contribution in [2.75, 3.05) is 26.9 Å². The lowest BCUT2D eigenvalue weighted by Gasteiger charge is -2.40. The number of rotatable bonds is 5. The fourth-order valence-electron chi connectivity index (χ4n) is 3.30. The summed E-state index contributed by atoms with van der Waals surface area (Å²) in [6, 6.07) is 5.23. The van der Waals surface area contributed by atoms with Crippen molar-refractivity contribution in [2.24, 2.45) is 0 Å². The Balaban J connectivity index is 1.78. The zero-order valence-electron chi connectivity index (χ0n) is 13.5. The summed E-state index contributed by atoms with van der Waals surface area (Å²) in [5.74, 6) is -0.0498. The van der Waals surface area contributed by atoms with Gasteiger partial charge in [-0.05, 0) is 49.5 Å². The van der Waals surface area contributed by atoms with E-state index in [2.05, 4.69) is 5.32 Å². The average molecular weight is 321 g/mol. The standard InChI is InChI=1S/C18H24FNO3/c1-21-17-6-5-14(12-16(17)19)18(7-10-22-11-8-18)20-13-15-4-2-3-9-23-15/h3,5-6,9,12,15,20H,2,4,7-8,10-11,13H2,1H3. The molecule has 1 saturated heterocycles. The Bertz CT molecular complexity index is 555. The van der Waals surface area contributed by atoms with E-state index in [4.69, 9.17) is 14.2 Å². The molecule has 2 heterocycles. The Morgan fingerprint density at radius 2 is 2.17 bits per heavy atom. The van der Waals surface area contributed by atoms with Gasteiger partial charge in [0.2, 0.25) is 0 Å². The molecule has 0 aromatic heterocycles. The van der Waals surface area contributed by atoms with Gasteiger partial charge in [-0.15, -0.1) is 0 Å². The van der Waals surface area contributed by atoms with Gasteiger partial charge < -0.3 is 19.5 Å². The Morgan fingerprint density at radius 3 is 2.83 bits per heavy atom. The van der Waals surface area contributed by atoms with E-state index >= 15 is 0 Å². The average Bonchev–Trinajstić information content (AvgIpc) is 2.61. The number of benzene rings is 1. The van der Waals surface area contributed by atoms with Gasteiger partial charge in [0, 0.05) is 25.3 Å². The SMILES string of the molecule is COc1ccc(C2(NCC3CCC=CO3)CCOCC2)cc1F. The highest BCUT2D eigenvalue weighted by atomic mass is 19.1. The summed E-state index contributed by atoms with van der Waals surface area (Å²) in [6.45, 7) is 2.09. The molecular formula is C18H24FNO3. The first-order chi connectivity index (χ1) is 11.2. The van der Waals surface area contributed by atoms with Crippen LogP contribution in [0.1, 0.15) is 31.2 Å². The van der Waals surface area contributed by atoms with E-state index in [1.807, 2.05) is 12.1 Å². The van der Waals surface area contributed by atoms with Gasteiger partial charge in [-0.25, -0.2) is 4.39 Å². The summed E-state index contributed by atoms with van der Waals surface area (Å²) in [5.41, 5.74) is 0.682. The summed E-state index contributed by atoms with van der Waals surface area (Å²) in [4.78, 5) is 0. The summed E-state index contributed by atoms with van der Waals surface area (Å²) in [7, 11) is 1.48. The highest BCUT2D eigenvalue weighted by Gasteiger charge is 2.35. The van der Waals surface area contributed by atoms with Crippen molar-refractivity contribution in [2.45, 2.75) is 37.3 Å². The van der Waals surface area contributed by atoms with Gasteiger partial charge in [-0.2, -0.15) is 0 Å². The molecule has 5 heteroatoms. The molecule has 0 bridgehead atoms. The van der Waals surface area contributed by atoms with E-state index in [-0.39, 0.29) is 23.2 Å². The predicted octanol–water partition coefficient (Wildman–Crippen LogP) is 3.12. The third-order valence-corrected chi connectivity index (χ3v) is 4.74. The maximum absolute atomic E-state index is 14.2. The lowest BCUT2D eigenvalue weighted by atomic mass is 9.82. The molecule has 1 atom stereocenters. The fraction of sp³-hybridized carbons (Fsp3) is 0.556. The van der Waals surface area contributed by atoms with Gasteiger partial charge in [0.1, 0.15) is 6.10 Å². The molecule has 0 saturated carbocycles. The van der Waals surface area contributed by atoms with Crippen LogP contribution in [0.25, 0.3) is 0 Å². The van der Waals surface area contributed by atoms with Crippen LogP contribution in [-0.4, -0.2) is 33.0 Å². The quantitative estimate of drug-likeness (QED) is 0.904. The van der Waals surface area contributed by atoms with Crippen LogP contribution in [-0.2, 0) is 15.0 Å². The van der Waals surface area contributed by atoms with Crippen LogP contribution >= 0.6 is 0 Å². The molecule has 1 unspecified atom stereocenters. The monoisotopic (exact) mass is 321 g/mol. The van der Waals surface area contributed by atoms with Crippen molar-refractivity contribution >= 4 is 0 Å². The van der Waals surface area contributed by atoms with Crippen LogP contribution in [0.2, 0.25) is 0 Å². The van der Waals surface area contributed by atoms with Crippen LogP contribution in [0.15, 0.2) is 30.5 Å². The van der Waals surface area contributed by atoms with Gasteiger partial charge in [0.25, 0.3) is 0 Å². The smallest absolute Gasteiger partial charge is 0.165 e. The molecule has 23 heavy (non-hydrogen) atoms. The van der Waals surface area contributed by atoms with E-state index < -0.39 is 0 Å². The van der Waals surface area contributed by atoms with Gasteiger partial charge in [0.05, 0.1) is 13.4 Å². The van der Waals surface area contributed by atoms with Crippen LogP contribution < -0.4 is 10.1 Å². The maximum Gasteiger partial charge on any atom is 0.165 e. The minimum absolute atomic E-state index is 0.169. The number of hydrogen-bond acceptors (Lipinski definition) is 4. The van der Waals surface area contributed by atoms with Crippen molar-refractivity contribution in [3.63, 3.8) is 0 Å². The topological polar surface area (TPSA) is 39.7 Å². The predicted molar refractivity (Wildman–Crippen MR) is 85.9 cm³/mol. The lowest BCUT2D eigenvalue weighted by molar-refractivity contribution is 0.0269. The number of ether oxygens (including phenoxy) is 3. The van der Waals surface area contributed by atoms with E-state index in [1.54, 1.807) is 18.4 Å². The minimum Gasteiger partial charge on any atom is -0.497 e. The molecular weight excluding hydrogens is 297 g/mol. The largest absolute Gasteiger partial charge is 0.497 e. The molecule has 0 amide bonds. The first-order valence-corrected chi connectivity index (χ1v) is 8.21. The van der Waals surface area contributed by atoms with Gasteiger partial charge in [0.15, 0.2) is 11.6 Å². The minimum atomic E-state index is -0.325. The summed E-state index contributed by atoms with van der Waals surface area (Å²) < 4.78 is 30.3. The van der Waals surface area contributed by atoms with E-state index in [0.717, 1.165) is 37.8 Å². The third kappa shape index (κ3) is 3.67. The van der Waals surface area contributed by atoms with Crippen LogP contribution in [0.5, 0.6) is 5.75 Å². The second kappa shape index (κ2) is 7.32. The Morgan fingerprint density at radius 1 is 1.35 bits per heavy atom. The number of allylic oxidation sites excluding steroid dienone is 1. The van der Waals surface area contributed by atoms with E-state index in [9.17, 15) is 4.39 Å². The normalized spacial score (nSPS) is 23.3. The second-order valence-electron chi connectivity index (χ2n) is 6.13. The molecule has 0 spiro atoms. The second-order valence-corrected chi connectivity index (χ2v) is 6.13. The summed E-state index contributed by atoms with van der Waals surface area (Å²) in [6.07, 6.45) is 7.68. The van der Waals surface area contributed by atoms with Gasteiger partial charge in [-0.3, -0.25) is 0 Å². The lowest BCUT2D eigenvalue weighted by Crippen LogP contribution is -2.49. The molecule has 2 aliphatic heterocycles. The molecule has 4 nitrogen and oxygen atoms in total. The van der Waals surface area contributed by atoms with Crippen molar-refractivity contribution in [3.8, 4) is 5.75 Å². The molecule has 126 valence electrons. The molecule has 1 aromatic rings. The van der Waals surface area contributed by atoms with Crippen LogP contribution in [0.4, 0.5) is 4.39 Å². The van der Waals surface area contributed by atoms with Crippen molar-refractivity contribution < 1.29 is 18.6 Å². The Kier molecular flexibility index (Phi) is 5.18. The first kappa shape index (κ1) is 16.3.